The fourth-order valence-electron chi connectivity index (χ4n) is 5.38. The first kappa shape index (κ1) is 33.5. The molecular formula is C29H43N3O6S3. The van der Waals surface area contributed by atoms with E-state index in [9.17, 15) is 23.1 Å². The third-order valence-electron chi connectivity index (χ3n) is 7.41. The maximum atomic E-state index is 12.9. The van der Waals surface area contributed by atoms with Crippen LogP contribution in [-0.2, 0) is 19.6 Å². The van der Waals surface area contributed by atoms with E-state index in [1.165, 1.54) is 70.3 Å². The molecule has 4 rings (SSSR count). The number of hydrogen-bond acceptors (Lipinski definition) is 8. The van der Waals surface area contributed by atoms with Gasteiger partial charge < -0.3 is 20.4 Å². The highest BCUT2D eigenvalue weighted by molar-refractivity contribution is 8.76. The minimum Gasteiger partial charge on any atom is -0.481 e. The average Bonchev–Trinajstić information content (AvgIpc) is 2.95. The minimum atomic E-state index is -4.12. The van der Waals surface area contributed by atoms with Crippen LogP contribution in [0.25, 0.3) is 10.8 Å². The molecule has 4 N–H and O–H groups in total. The number of nitrogens with one attached hydrogen (secondary N) is 2. The van der Waals surface area contributed by atoms with Gasteiger partial charge in [-0.15, -0.1) is 0 Å². The van der Waals surface area contributed by atoms with Gasteiger partial charge in [-0.1, -0.05) is 84.4 Å². The van der Waals surface area contributed by atoms with Crippen molar-refractivity contribution >= 4 is 60.0 Å². The Morgan fingerprint density at radius 1 is 0.878 bits per heavy atom. The topological polar surface area (TPSA) is 136 Å². The van der Waals surface area contributed by atoms with Crippen LogP contribution in [0, 0.1) is 0 Å². The molecule has 0 amide bonds. The molecule has 0 aliphatic heterocycles. The summed E-state index contributed by atoms with van der Waals surface area (Å²) in [6.07, 6.45) is 14.6. The second-order valence-electron chi connectivity index (χ2n) is 10.8. The Hall–Kier alpha value is -1.99. The van der Waals surface area contributed by atoms with Gasteiger partial charge in [-0.05, 0) is 37.8 Å². The van der Waals surface area contributed by atoms with Gasteiger partial charge in [0.2, 0.25) is 10.0 Å². The molecule has 0 heterocycles. The van der Waals surface area contributed by atoms with Crippen molar-refractivity contribution in [3.8, 4) is 0 Å². The fraction of sp³-hybridized carbons (Fsp3) is 0.586. The third kappa shape index (κ3) is 10.7. The second-order valence-corrected chi connectivity index (χ2v) is 15.0. The summed E-state index contributed by atoms with van der Waals surface area (Å²) in [5, 5.41) is 23.0. The molecule has 9 nitrogen and oxygen atoms in total. The van der Waals surface area contributed by atoms with Crippen LogP contribution in [0.4, 0.5) is 5.69 Å². The summed E-state index contributed by atoms with van der Waals surface area (Å²) in [5.74, 6) is -2.68. The lowest BCUT2D eigenvalue weighted by molar-refractivity contribution is -0.138. The summed E-state index contributed by atoms with van der Waals surface area (Å²) in [6.45, 7) is 0. The summed E-state index contributed by atoms with van der Waals surface area (Å²) >= 11 is 0. The fourth-order valence-corrected chi connectivity index (χ4v) is 8.78. The summed E-state index contributed by atoms with van der Waals surface area (Å²) in [4.78, 5) is 23.8. The summed E-state index contributed by atoms with van der Waals surface area (Å²) in [6, 6.07) is 10.5. The number of carboxylic acid groups (broad SMARTS) is 2. The highest BCUT2D eigenvalue weighted by atomic mass is 33.1. The number of anilines is 1. The van der Waals surface area contributed by atoms with Gasteiger partial charge in [0.05, 0.1) is 4.90 Å². The van der Waals surface area contributed by atoms with Crippen LogP contribution >= 0.6 is 21.6 Å². The van der Waals surface area contributed by atoms with E-state index in [4.69, 9.17) is 5.11 Å². The Kier molecular flexibility index (Phi) is 13.6. The van der Waals surface area contributed by atoms with Gasteiger partial charge in [-0.25, -0.2) is 8.42 Å². The van der Waals surface area contributed by atoms with Crippen LogP contribution in [-0.4, -0.2) is 74.3 Å². The normalized spacial score (nSPS) is 17.4. The molecule has 2 saturated carbocycles. The molecule has 0 saturated heterocycles. The third-order valence-corrected chi connectivity index (χ3v) is 11.2. The van der Waals surface area contributed by atoms with E-state index in [1.807, 2.05) is 25.1 Å². The van der Waals surface area contributed by atoms with Gasteiger partial charge in [0.1, 0.15) is 11.8 Å². The lowest BCUT2D eigenvalue weighted by atomic mass is 9.91. The first-order chi connectivity index (χ1) is 19.6. The second kappa shape index (κ2) is 16.6. The molecule has 1 unspecified atom stereocenters. The minimum absolute atomic E-state index is 0.0110. The smallest absolute Gasteiger partial charge is 0.322 e. The van der Waals surface area contributed by atoms with Crippen molar-refractivity contribution in [2.75, 3.05) is 30.5 Å². The average molecular weight is 626 g/mol. The molecule has 0 bridgehead atoms. The number of rotatable bonds is 12. The van der Waals surface area contributed by atoms with E-state index >= 15 is 0 Å². The molecule has 0 spiro atoms. The van der Waals surface area contributed by atoms with Crippen molar-refractivity contribution in [3.05, 3.63) is 36.4 Å². The van der Waals surface area contributed by atoms with Crippen LogP contribution in [0.5, 0.6) is 0 Å². The zero-order valence-electron chi connectivity index (χ0n) is 23.9. The number of hydrogen-bond donors (Lipinski definition) is 4. The number of benzene rings is 2. The van der Waals surface area contributed by atoms with Gasteiger partial charge >= 0.3 is 11.9 Å². The van der Waals surface area contributed by atoms with Crippen LogP contribution in [0.1, 0.15) is 64.2 Å². The number of fused-ring (bicyclic) bond motifs is 1. The Morgan fingerprint density at radius 3 is 1.98 bits per heavy atom. The van der Waals surface area contributed by atoms with Gasteiger partial charge in [-0.2, -0.15) is 4.72 Å². The van der Waals surface area contributed by atoms with E-state index in [-0.39, 0.29) is 16.4 Å². The predicted octanol–water partition coefficient (Wildman–Crippen LogP) is 5.34. The molecule has 2 aliphatic rings. The van der Waals surface area contributed by atoms with Gasteiger partial charge in [0, 0.05) is 48.4 Å². The monoisotopic (exact) mass is 625 g/mol. The van der Waals surface area contributed by atoms with Gasteiger partial charge in [0.15, 0.2) is 0 Å². The Morgan fingerprint density at radius 2 is 1.44 bits per heavy atom. The number of carbonyl (C=O) groups is 2. The molecule has 41 heavy (non-hydrogen) atoms. The van der Waals surface area contributed by atoms with Crippen molar-refractivity contribution in [1.82, 2.24) is 10.0 Å². The van der Waals surface area contributed by atoms with Crippen LogP contribution < -0.4 is 14.9 Å². The van der Waals surface area contributed by atoms with Crippen LogP contribution in [0.3, 0.4) is 0 Å². The Bertz CT molecular complexity index is 1230. The molecule has 12 heteroatoms. The highest BCUT2D eigenvalue weighted by Crippen LogP contribution is 2.30. The number of carboxylic acids is 2. The van der Waals surface area contributed by atoms with E-state index in [2.05, 4.69) is 10.0 Å². The largest absolute Gasteiger partial charge is 0.481 e. The van der Waals surface area contributed by atoms with Crippen LogP contribution in [0.2, 0.25) is 0 Å². The lowest BCUT2D eigenvalue weighted by Gasteiger charge is -2.30. The zero-order chi connectivity index (χ0) is 29.8. The maximum Gasteiger partial charge on any atom is 0.322 e. The van der Waals surface area contributed by atoms with Crippen molar-refractivity contribution in [1.29, 1.82) is 0 Å². The molecular weight excluding hydrogens is 583 g/mol. The standard InChI is InChI=1S/C17H20N2O6S3.C12H23N/c1-19(2)14-7-3-6-12-11(14)5-4-8-15(12)28(24,25)18-13(17(22)23)9-26-27-10-16(20)21;1-3-7-11(8-4-1)13-12-9-5-2-6-10-12/h3-8,13,18H,9-10H2,1-2H3,(H,20,21)(H,22,23);11-13H,1-10H2. The quantitative estimate of drug-likeness (QED) is 0.181. The van der Waals surface area contributed by atoms with E-state index in [0.29, 0.717) is 5.39 Å². The van der Waals surface area contributed by atoms with Crippen molar-refractivity contribution < 1.29 is 28.2 Å². The number of nitrogens with zero attached hydrogens (tertiary/aromatic N) is 1. The molecule has 2 aromatic rings. The van der Waals surface area contributed by atoms with E-state index in [1.54, 1.807) is 24.3 Å². The van der Waals surface area contributed by atoms with E-state index < -0.39 is 28.0 Å². The maximum absolute atomic E-state index is 12.9. The summed E-state index contributed by atoms with van der Waals surface area (Å²) in [5.41, 5.74) is 0.838. The summed E-state index contributed by atoms with van der Waals surface area (Å²) in [7, 11) is 1.52. The van der Waals surface area contributed by atoms with Crippen molar-refractivity contribution in [2.24, 2.45) is 0 Å². The molecule has 228 valence electrons. The molecule has 0 radical (unpaired) electrons. The zero-order valence-corrected chi connectivity index (χ0v) is 26.3. The number of aliphatic carboxylic acids is 2. The molecule has 0 aromatic heterocycles. The predicted molar refractivity (Wildman–Crippen MR) is 169 cm³/mol. The first-order valence-corrected chi connectivity index (χ1v) is 18.2. The Balaban J connectivity index is 0.000000294. The van der Waals surface area contributed by atoms with Gasteiger partial charge in [0.25, 0.3) is 0 Å². The van der Waals surface area contributed by atoms with E-state index in [0.717, 1.165) is 44.7 Å². The van der Waals surface area contributed by atoms with Crippen molar-refractivity contribution in [2.45, 2.75) is 87.2 Å². The molecule has 1 atom stereocenters. The van der Waals surface area contributed by atoms with Crippen molar-refractivity contribution in [3.63, 3.8) is 0 Å². The number of sulfonamides is 1. The highest BCUT2D eigenvalue weighted by Gasteiger charge is 2.27. The first-order valence-electron chi connectivity index (χ1n) is 14.2. The Labute approximate surface area is 251 Å². The SMILES string of the molecule is C1CCC(NC2CCCCC2)CC1.CN(C)c1cccc2c(S(=O)(=O)NC(CSSCC(=O)O)C(=O)O)cccc12. The van der Waals surface area contributed by atoms with Crippen LogP contribution in [0.15, 0.2) is 41.3 Å². The summed E-state index contributed by atoms with van der Waals surface area (Å²) < 4.78 is 28.0. The van der Waals surface area contributed by atoms with Gasteiger partial charge in [-0.3, -0.25) is 9.59 Å². The molecule has 2 aromatic carbocycles. The molecule has 2 aliphatic carbocycles. The molecule has 2 fully saturated rings. The lowest BCUT2D eigenvalue weighted by Crippen LogP contribution is -2.42.